The maximum atomic E-state index is 14.6. The number of amides is 1. The molecule has 1 aromatic heterocycles. The number of halogens is 2. The minimum atomic E-state index is -0.656. The van der Waals surface area contributed by atoms with Gasteiger partial charge in [-0.05, 0) is 23.8 Å². The number of pyridine rings is 1. The fraction of sp³-hybridized carbons (Fsp3) is 0.368. The van der Waals surface area contributed by atoms with Crippen molar-refractivity contribution in [2.24, 2.45) is 5.73 Å². The van der Waals surface area contributed by atoms with E-state index in [1.54, 1.807) is 11.0 Å². The molecule has 0 spiro atoms. The lowest BCUT2D eigenvalue weighted by atomic mass is 10.0. The van der Waals surface area contributed by atoms with Crippen LogP contribution in [0.3, 0.4) is 0 Å². The lowest BCUT2D eigenvalue weighted by Gasteiger charge is -2.26. The summed E-state index contributed by atoms with van der Waals surface area (Å²) in [7, 11) is 0. The molecule has 0 bridgehead atoms. The number of nitrogens with zero attached hydrogens (tertiary/aromatic N) is 2. The standard InChI is InChI=1S/C19H19ClFN3O3/c20-15-7-11(5-12-6-14(9-22)27-18(12)15)13-8-16(21)17(23-10-13)19(25)24-1-3-26-4-2-24/h5,7-8,10,14H,1-4,6,9,22H2. The molecule has 1 saturated heterocycles. The van der Waals surface area contributed by atoms with Crippen LogP contribution in [0.25, 0.3) is 11.1 Å². The third-order valence-corrected chi connectivity index (χ3v) is 5.07. The highest BCUT2D eigenvalue weighted by Crippen LogP contribution is 2.39. The average molecular weight is 392 g/mol. The molecule has 0 radical (unpaired) electrons. The number of morpholine rings is 1. The molecule has 2 aliphatic rings. The number of rotatable bonds is 3. The summed E-state index contributed by atoms with van der Waals surface area (Å²) in [5.74, 6) is -0.450. The van der Waals surface area contributed by atoms with Crippen molar-refractivity contribution in [2.75, 3.05) is 32.8 Å². The van der Waals surface area contributed by atoms with Gasteiger partial charge in [0.05, 0.1) is 18.2 Å². The van der Waals surface area contributed by atoms with Gasteiger partial charge in [-0.3, -0.25) is 4.79 Å². The minimum absolute atomic E-state index is 0.101. The van der Waals surface area contributed by atoms with Crippen LogP contribution >= 0.6 is 11.6 Å². The summed E-state index contributed by atoms with van der Waals surface area (Å²) in [4.78, 5) is 18.1. The van der Waals surface area contributed by atoms with Crippen LogP contribution in [0.1, 0.15) is 16.1 Å². The van der Waals surface area contributed by atoms with E-state index in [0.29, 0.717) is 55.6 Å². The normalized spacial score (nSPS) is 18.9. The third kappa shape index (κ3) is 3.50. The minimum Gasteiger partial charge on any atom is -0.487 e. The van der Waals surface area contributed by atoms with Gasteiger partial charge in [0.15, 0.2) is 11.5 Å². The molecule has 142 valence electrons. The zero-order chi connectivity index (χ0) is 19.0. The summed E-state index contributed by atoms with van der Waals surface area (Å²) in [5, 5.41) is 0.451. The number of carbonyl (C=O) groups is 1. The van der Waals surface area contributed by atoms with Gasteiger partial charge >= 0.3 is 0 Å². The lowest BCUT2D eigenvalue weighted by molar-refractivity contribution is 0.0295. The number of nitrogens with two attached hydrogens (primary N) is 1. The maximum Gasteiger partial charge on any atom is 0.275 e. The summed E-state index contributed by atoms with van der Waals surface area (Å²) in [5.41, 5.74) is 7.69. The van der Waals surface area contributed by atoms with E-state index < -0.39 is 11.7 Å². The van der Waals surface area contributed by atoms with Crippen molar-refractivity contribution < 1.29 is 18.7 Å². The Morgan fingerprint density at radius 2 is 2.07 bits per heavy atom. The molecule has 8 heteroatoms. The molecule has 1 atom stereocenters. The second-order valence-corrected chi connectivity index (χ2v) is 6.99. The highest BCUT2D eigenvalue weighted by Gasteiger charge is 2.26. The summed E-state index contributed by atoms with van der Waals surface area (Å²) in [6, 6.07) is 4.92. The van der Waals surface area contributed by atoms with Gasteiger partial charge in [0.2, 0.25) is 0 Å². The maximum absolute atomic E-state index is 14.6. The number of hydrogen-bond acceptors (Lipinski definition) is 5. The molecule has 0 saturated carbocycles. The van der Waals surface area contributed by atoms with Gasteiger partial charge in [-0.25, -0.2) is 9.37 Å². The van der Waals surface area contributed by atoms with E-state index in [0.717, 1.165) is 11.1 Å². The number of aromatic nitrogens is 1. The van der Waals surface area contributed by atoms with Gasteiger partial charge in [-0.15, -0.1) is 0 Å². The second kappa shape index (κ2) is 7.42. The number of hydrogen-bond donors (Lipinski definition) is 1. The first-order chi connectivity index (χ1) is 13.1. The number of carbonyl (C=O) groups excluding carboxylic acids is 1. The molecule has 1 amide bonds. The Labute approximate surface area is 161 Å². The smallest absolute Gasteiger partial charge is 0.275 e. The van der Waals surface area contributed by atoms with E-state index >= 15 is 0 Å². The van der Waals surface area contributed by atoms with Crippen LogP contribution in [-0.4, -0.2) is 54.7 Å². The van der Waals surface area contributed by atoms with Gasteiger partial charge in [0.25, 0.3) is 5.91 Å². The van der Waals surface area contributed by atoms with Crippen molar-refractivity contribution in [3.05, 3.63) is 46.5 Å². The molecule has 1 fully saturated rings. The van der Waals surface area contributed by atoms with Crippen molar-refractivity contribution in [2.45, 2.75) is 12.5 Å². The zero-order valence-electron chi connectivity index (χ0n) is 14.6. The summed E-state index contributed by atoms with van der Waals surface area (Å²) < 4.78 is 25.5. The zero-order valence-corrected chi connectivity index (χ0v) is 15.3. The van der Waals surface area contributed by atoms with Gasteiger partial charge in [0, 0.05) is 43.4 Å². The SMILES string of the molecule is NCC1Cc2cc(-c3cnc(C(=O)N4CCOCC4)c(F)c3)cc(Cl)c2O1. The molecule has 2 aromatic rings. The van der Waals surface area contributed by atoms with E-state index in [-0.39, 0.29) is 11.8 Å². The first-order valence-electron chi connectivity index (χ1n) is 8.79. The molecular weight excluding hydrogens is 373 g/mol. The van der Waals surface area contributed by atoms with Gasteiger partial charge in [-0.2, -0.15) is 0 Å². The van der Waals surface area contributed by atoms with Crippen LogP contribution in [0.5, 0.6) is 5.75 Å². The molecule has 6 nitrogen and oxygen atoms in total. The summed E-state index contributed by atoms with van der Waals surface area (Å²) >= 11 is 6.32. The fourth-order valence-corrected chi connectivity index (χ4v) is 3.64. The molecule has 2 N–H and O–H groups in total. The van der Waals surface area contributed by atoms with Gasteiger partial charge < -0.3 is 20.1 Å². The molecule has 4 rings (SSSR count). The largest absolute Gasteiger partial charge is 0.487 e. The Bertz CT molecular complexity index is 887. The Morgan fingerprint density at radius 3 is 2.78 bits per heavy atom. The molecule has 27 heavy (non-hydrogen) atoms. The predicted octanol–water partition coefficient (Wildman–Crippen LogP) is 2.28. The third-order valence-electron chi connectivity index (χ3n) is 4.79. The van der Waals surface area contributed by atoms with E-state index in [4.69, 9.17) is 26.8 Å². The fourth-order valence-electron chi connectivity index (χ4n) is 3.36. The highest BCUT2D eigenvalue weighted by atomic mass is 35.5. The van der Waals surface area contributed by atoms with Crippen molar-refractivity contribution in [3.63, 3.8) is 0 Å². The number of benzene rings is 1. The Hall–Kier alpha value is -2.22. The van der Waals surface area contributed by atoms with Crippen LogP contribution in [0.4, 0.5) is 4.39 Å². The predicted molar refractivity (Wildman–Crippen MR) is 98.5 cm³/mol. The molecule has 1 aromatic carbocycles. The van der Waals surface area contributed by atoms with Crippen molar-refractivity contribution in [3.8, 4) is 16.9 Å². The first kappa shape index (κ1) is 18.2. The van der Waals surface area contributed by atoms with E-state index in [2.05, 4.69) is 4.98 Å². The van der Waals surface area contributed by atoms with Crippen molar-refractivity contribution in [1.82, 2.24) is 9.88 Å². The number of fused-ring (bicyclic) bond motifs is 1. The summed E-state index contributed by atoms with van der Waals surface area (Å²) in [6.07, 6.45) is 2.05. The molecule has 3 heterocycles. The molecule has 1 unspecified atom stereocenters. The molecular formula is C19H19ClFN3O3. The average Bonchev–Trinajstić information content (AvgIpc) is 3.12. The van der Waals surface area contributed by atoms with Crippen LogP contribution in [0.2, 0.25) is 5.02 Å². The van der Waals surface area contributed by atoms with E-state index in [1.807, 2.05) is 6.07 Å². The van der Waals surface area contributed by atoms with E-state index in [1.165, 1.54) is 12.3 Å². The Kier molecular flexibility index (Phi) is 4.99. The number of ether oxygens (including phenoxy) is 2. The van der Waals surface area contributed by atoms with Crippen molar-refractivity contribution in [1.29, 1.82) is 0 Å². The lowest BCUT2D eigenvalue weighted by Crippen LogP contribution is -2.41. The van der Waals surface area contributed by atoms with Crippen LogP contribution in [-0.2, 0) is 11.2 Å². The van der Waals surface area contributed by atoms with Gasteiger partial charge in [-0.1, -0.05) is 11.6 Å². The topological polar surface area (TPSA) is 77.7 Å². The summed E-state index contributed by atoms with van der Waals surface area (Å²) in [6.45, 7) is 2.17. The van der Waals surface area contributed by atoms with E-state index in [9.17, 15) is 9.18 Å². The Balaban J connectivity index is 1.62. The van der Waals surface area contributed by atoms with Gasteiger partial charge in [0.1, 0.15) is 11.9 Å². The van der Waals surface area contributed by atoms with Crippen LogP contribution < -0.4 is 10.5 Å². The van der Waals surface area contributed by atoms with Crippen molar-refractivity contribution >= 4 is 17.5 Å². The van der Waals surface area contributed by atoms with Crippen LogP contribution in [0.15, 0.2) is 24.4 Å². The molecule has 2 aliphatic heterocycles. The monoisotopic (exact) mass is 391 g/mol. The Morgan fingerprint density at radius 1 is 1.30 bits per heavy atom. The quantitative estimate of drug-likeness (QED) is 0.868. The first-order valence-corrected chi connectivity index (χ1v) is 9.16. The highest BCUT2D eigenvalue weighted by molar-refractivity contribution is 6.32. The van der Waals surface area contributed by atoms with Crippen LogP contribution in [0, 0.1) is 5.82 Å². The second-order valence-electron chi connectivity index (χ2n) is 6.58. The molecule has 0 aliphatic carbocycles.